The number of hydrogen-bond donors (Lipinski definition) is 0. The van der Waals surface area contributed by atoms with Crippen LogP contribution in [0.4, 0.5) is 20.2 Å². The molecule has 2 saturated heterocycles. The molecule has 1 spiro atoms. The summed E-state index contributed by atoms with van der Waals surface area (Å²) in [6.45, 7) is 0.579. The smallest absolute Gasteiger partial charge is 0.457 e. The van der Waals surface area contributed by atoms with Gasteiger partial charge in [-0.25, -0.2) is 18.4 Å². The first-order chi connectivity index (χ1) is 24.4. The fourth-order valence-electron chi connectivity index (χ4n) is 7.60. The van der Waals surface area contributed by atoms with E-state index in [9.17, 15) is 19.2 Å². The van der Waals surface area contributed by atoms with Crippen molar-refractivity contribution < 1.29 is 45.6 Å². The lowest BCUT2D eigenvalue weighted by molar-refractivity contribution is -0.161. The first kappa shape index (κ1) is 36.2. The van der Waals surface area contributed by atoms with E-state index in [0.717, 1.165) is 14.7 Å². The van der Waals surface area contributed by atoms with E-state index in [2.05, 4.69) is 0 Å². The van der Waals surface area contributed by atoms with Crippen LogP contribution in [-0.2, 0) is 37.8 Å². The molecule has 2 fully saturated rings. The third-order valence-corrected chi connectivity index (χ3v) is 10.6. The minimum absolute atomic E-state index is 0.00612. The summed E-state index contributed by atoms with van der Waals surface area (Å²) >= 11 is 25.7. The van der Waals surface area contributed by atoms with Gasteiger partial charge in [0.1, 0.15) is 17.2 Å². The highest BCUT2D eigenvalue weighted by Crippen LogP contribution is 2.63. The number of nitrogens with zero attached hydrogens (tertiary/aromatic N) is 3. The standard InChI is InChI=1S/C33H25Cl4F2N3O10/c1-13-22(51-30(46)49-13)10-41-26-19(7-17(36)8-20(26)37)33(29(41)45)25(28(44)48-11-23-14(2)50-31(47)52-23)24(21-9-32(38,39)12-42(21)33)27(43)40(3)18-5-15(34)4-16(35)6-18/h4-8,21,24-25H,9-12H2,1-3H3/t21-,24+,25-,33+/m1/s1. The molecule has 4 aromatic rings. The fraction of sp³-hybridized carbons (Fsp3) is 0.364. The zero-order chi connectivity index (χ0) is 37.6. The van der Waals surface area contributed by atoms with Gasteiger partial charge in [0.2, 0.25) is 5.91 Å². The third-order valence-electron chi connectivity index (χ3n) is 9.69. The number of aryl methyl sites for hydroxylation is 2. The molecule has 274 valence electrons. The van der Waals surface area contributed by atoms with Crippen LogP contribution in [-0.4, -0.2) is 48.2 Å². The van der Waals surface area contributed by atoms with Crippen molar-refractivity contribution >= 4 is 75.6 Å². The Bertz CT molecular complexity index is 2260. The van der Waals surface area contributed by atoms with Gasteiger partial charge in [-0.15, -0.1) is 0 Å². The van der Waals surface area contributed by atoms with E-state index in [1.807, 2.05) is 0 Å². The lowest BCUT2D eigenvalue weighted by Crippen LogP contribution is -2.56. The molecule has 7 rings (SSSR count). The topological polar surface area (TPSA) is 157 Å². The molecule has 5 heterocycles. The lowest BCUT2D eigenvalue weighted by atomic mass is 9.73. The van der Waals surface area contributed by atoms with Crippen molar-refractivity contribution in [2.45, 2.75) is 50.9 Å². The summed E-state index contributed by atoms with van der Waals surface area (Å²) in [5.74, 6) is -12.3. The molecule has 2 aromatic carbocycles. The molecule has 0 N–H and O–H groups in total. The van der Waals surface area contributed by atoms with Crippen LogP contribution in [0, 0.1) is 25.7 Å². The number of rotatable bonds is 7. The Labute approximate surface area is 311 Å². The van der Waals surface area contributed by atoms with Gasteiger partial charge in [-0.05, 0) is 44.2 Å². The van der Waals surface area contributed by atoms with E-state index >= 15 is 13.6 Å². The number of amides is 2. The molecule has 0 aliphatic carbocycles. The number of ether oxygens (including phenoxy) is 1. The van der Waals surface area contributed by atoms with E-state index in [1.165, 1.54) is 51.2 Å². The summed E-state index contributed by atoms with van der Waals surface area (Å²) in [4.78, 5) is 71.5. The summed E-state index contributed by atoms with van der Waals surface area (Å²) in [7, 11) is 1.34. The van der Waals surface area contributed by atoms with Crippen LogP contribution in [0.5, 0.6) is 0 Å². The number of hydrogen-bond acceptors (Lipinski definition) is 11. The maximum absolute atomic E-state index is 15.7. The second kappa shape index (κ2) is 12.8. The van der Waals surface area contributed by atoms with E-state index in [-0.39, 0.29) is 60.1 Å². The van der Waals surface area contributed by atoms with Crippen molar-refractivity contribution in [3.05, 3.63) is 100 Å². The number of benzene rings is 2. The van der Waals surface area contributed by atoms with Gasteiger partial charge >= 0.3 is 17.6 Å². The van der Waals surface area contributed by atoms with Crippen LogP contribution < -0.4 is 21.4 Å². The first-order valence-electron chi connectivity index (χ1n) is 15.5. The normalized spacial score (nSPS) is 23.4. The highest BCUT2D eigenvalue weighted by Gasteiger charge is 2.76. The molecule has 0 saturated carbocycles. The molecule has 4 atom stereocenters. The average molecular weight is 803 g/mol. The van der Waals surface area contributed by atoms with E-state index in [4.69, 9.17) is 68.8 Å². The number of anilines is 2. The Morgan fingerprint density at radius 1 is 0.904 bits per heavy atom. The maximum Gasteiger partial charge on any atom is 0.519 e. The molecular formula is C33H25Cl4F2N3O10. The van der Waals surface area contributed by atoms with E-state index in [1.54, 1.807) is 0 Å². The van der Waals surface area contributed by atoms with Gasteiger partial charge in [-0.1, -0.05) is 46.4 Å². The Morgan fingerprint density at radius 3 is 2.10 bits per heavy atom. The molecule has 3 aliphatic heterocycles. The summed E-state index contributed by atoms with van der Waals surface area (Å²) < 4.78 is 57.0. The van der Waals surface area contributed by atoms with Crippen molar-refractivity contribution in [1.29, 1.82) is 0 Å². The van der Waals surface area contributed by atoms with Crippen molar-refractivity contribution in [2.24, 2.45) is 11.8 Å². The molecule has 0 bridgehead atoms. The van der Waals surface area contributed by atoms with Crippen molar-refractivity contribution in [3.63, 3.8) is 0 Å². The largest absolute Gasteiger partial charge is 0.519 e. The van der Waals surface area contributed by atoms with Gasteiger partial charge in [0, 0.05) is 45.8 Å². The minimum atomic E-state index is -3.44. The Kier molecular flexibility index (Phi) is 8.89. The monoisotopic (exact) mass is 801 g/mol. The van der Waals surface area contributed by atoms with E-state index < -0.39 is 84.9 Å². The second-order valence-electron chi connectivity index (χ2n) is 12.7. The second-order valence-corrected chi connectivity index (χ2v) is 14.4. The number of halogens is 6. The number of carbonyl (C=O) groups is 3. The quantitative estimate of drug-likeness (QED) is 0.199. The number of fused-ring (bicyclic) bond motifs is 4. The third kappa shape index (κ3) is 5.73. The van der Waals surface area contributed by atoms with Gasteiger partial charge in [-0.3, -0.25) is 19.3 Å². The van der Waals surface area contributed by atoms with Crippen molar-refractivity contribution in [2.75, 3.05) is 23.4 Å². The molecule has 13 nitrogen and oxygen atoms in total. The van der Waals surface area contributed by atoms with Gasteiger partial charge < -0.3 is 32.2 Å². The molecule has 0 radical (unpaired) electrons. The Morgan fingerprint density at radius 2 is 1.50 bits per heavy atom. The average Bonchev–Trinajstić information content (AvgIpc) is 3.78. The fourth-order valence-corrected chi connectivity index (χ4v) is 8.71. The number of esters is 1. The molecule has 3 aliphatic rings. The molecule has 52 heavy (non-hydrogen) atoms. The predicted octanol–water partition coefficient (Wildman–Crippen LogP) is 6.11. The summed E-state index contributed by atoms with van der Waals surface area (Å²) in [6, 6.07) is 5.42. The Hall–Kier alpha value is -4.15. The lowest BCUT2D eigenvalue weighted by Gasteiger charge is -2.37. The molecule has 0 unspecified atom stereocenters. The zero-order valence-electron chi connectivity index (χ0n) is 27.1. The van der Waals surface area contributed by atoms with Gasteiger partial charge in [0.25, 0.3) is 11.8 Å². The highest BCUT2D eigenvalue weighted by atomic mass is 35.5. The van der Waals surface area contributed by atoms with Crippen molar-refractivity contribution in [1.82, 2.24) is 4.90 Å². The van der Waals surface area contributed by atoms with Crippen LogP contribution in [0.25, 0.3) is 0 Å². The highest BCUT2D eigenvalue weighted by molar-refractivity contribution is 6.38. The zero-order valence-corrected chi connectivity index (χ0v) is 30.2. The number of carbonyl (C=O) groups excluding carboxylic acids is 3. The number of alkyl halides is 2. The van der Waals surface area contributed by atoms with Crippen LogP contribution >= 0.6 is 46.4 Å². The van der Waals surface area contributed by atoms with Crippen LogP contribution in [0.3, 0.4) is 0 Å². The van der Waals surface area contributed by atoms with Gasteiger partial charge in [0.15, 0.2) is 23.9 Å². The van der Waals surface area contributed by atoms with Gasteiger partial charge in [0.05, 0.1) is 29.7 Å². The summed E-state index contributed by atoms with van der Waals surface area (Å²) in [6.07, 6.45) is -0.929. The van der Waals surface area contributed by atoms with Crippen LogP contribution in [0.15, 0.2) is 57.6 Å². The maximum atomic E-state index is 15.7. The van der Waals surface area contributed by atoms with Crippen molar-refractivity contribution in [3.8, 4) is 0 Å². The predicted molar refractivity (Wildman–Crippen MR) is 180 cm³/mol. The molecule has 2 aromatic heterocycles. The Balaban J connectivity index is 1.44. The molecule has 19 heteroatoms. The SMILES string of the molecule is Cc1oc(=O)oc1COC(=O)[C@H]1[C@@H](C(=O)N(C)c2cc(Cl)cc(Cl)c2)[C@H]2CC(F)(F)CN2[C@]12C(=O)N(Cc1oc(=O)oc1C)c1c(Cl)cc(Cl)cc12. The van der Waals surface area contributed by atoms with E-state index in [0.29, 0.717) is 0 Å². The summed E-state index contributed by atoms with van der Waals surface area (Å²) in [5, 5.41) is 0.192. The van der Waals surface area contributed by atoms with Crippen LogP contribution in [0.2, 0.25) is 20.1 Å². The first-order valence-corrected chi connectivity index (χ1v) is 17.0. The van der Waals surface area contributed by atoms with Crippen LogP contribution in [0.1, 0.15) is 35.0 Å². The van der Waals surface area contributed by atoms with Gasteiger partial charge in [-0.2, -0.15) is 0 Å². The molecular weight excluding hydrogens is 778 g/mol. The molecule has 2 amide bonds. The minimum Gasteiger partial charge on any atom is -0.457 e. The summed E-state index contributed by atoms with van der Waals surface area (Å²) in [5.41, 5.74) is -2.33.